The third kappa shape index (κ3) is 5.24. The lowest BCUT2D eigenvalue weighted by Crippen LogP contribution is -2.38. The highest BCUT2D eigenvalue weighted by atomic mass is 32.2. The van der Waals surface area contributed by atoms with Gasteiger partial charge in [0.25, 0.3) is 5.91 Å². The van der Waals surface area contributed by atoms with E-state index in [4.69, 9.17) is 4.74 Å². The summed E-state index contributed by atoms with van der Waals surface area (Å²) in [6, 6.07) is 23.4. The Balaban J connectivity index is 1.23. The fourth-order valence-electron chi connectivity index (χ4n) is 4.55. The van der Waals surface area contributed by atoms with Gasteiger partial charge in [-0.25, -0.2) is 8.42 Å². The van der Waals surface area contributed by atoms with Crippen molar-refractivity contribution in [1.82, 2.24) is 9.29 Å². The summed E-state index contributed by atoms with van der Waals surface area (Å²) in [5.74, 6) is 0.279. The number of anilines is 1. The first-order valence-corrected chi connectivity index (χ1v) is 13.4. The lowest BCUT2D eigenvalue weighted by Gasteiger charge is -2.34. The van der Waals surface area contributed by atoms with Gasteiger partial charge in [0.1, 0.15) is 5.75 Å². The predicted octanol–water partition coefficient (Wildman–Crippen LogP) is 5.17. The third-order valence-corrected chi connectivity index (χ3v) is 8.28. The molecule has 1 amide bonds. The van der Waals surface area contributed by atoms with Crippen molar-refractivity contribution in [3.05, 3.63) is 96.8 Å². The number of sulfonamides is 1. The Morgan fingerprint density at radius 1 is 0.972 bits per heavy atom. The summed E-state index contributed by atoms with van der Waals surface area (Å²) in [5, 5.41) is 4.89. The van der Waals surface area contributed by atoms with Crippen molar-refractivity contribution in [3.8, 4) is 5.75 Å². The number of piperidine rings is 1. The van der Waals surface area contributed by atoms with E-state index in [1.165, 1.54) is 12.1 Å². The maximum Gasteiger partial charge on any atom is 0.262 e. The molecule has 0 bridgehead atoms. The molecule has 7 nitrogen and oxygen atoms in total. The number of hydrogen-bond acceptors (Lipinski definition) is 5. The molecule has 1 atom stereocenters. The highest BCUT2D eigenvalue weighted by Gasteiger charge is 2.34. The highest BCUT2D eigenvalue weighted by molar-refractivity contribution is 7.89. The minimum absolute atomic E-state index is 0.154. The van der Waals surface area contributed by atoms with Gasteiger partial charge < -0.3 is 10.1 Å². The molecule has 4 aromatic rings. The number of carbonyl (C=O) groups is 1. The van der Waals surface area contributed by atoms with Crippen LogP contribution >= 0.6 is 0 Å². The van der Waals surface area contributed by atoms with E-state index in [-0.39, 0.29) is 23.5 Å². The van der Waals surface area contributed by atoms with Crippen molar-refractivity contribution in [2.75, 3.05) is 18.5 Å². The van der Waals surface area contributed by atoms with E-state index in [0.29, 0.717) is 18.0 Å². The maximum atomic E-state index is 13.5. The zero-order valence-corrected chi connectivity index (χ0v) is 20.5. The first kappa shape index (κ1) is 24.0. The summed E-state index contributed by atoms with van der Waals surface area (Å²) in [6.07, 6.45) is 5.97. The van der Waals surface area contributed by atoms with Gasteiger partial charge in [0.15, 0.2) is 6.61 Å². The van der Waals surface area contributed by atoms with Crippen LogP contribution in [0.2, 0.25) is 0 Å². The number of rotatable bonds is 7. The SMILES string of the molecule is O=C(COc1ccc2ccccc2c1)Nc1ccc(S(=O)(=O)N2CCCCC2c2cccnc2)cc1. The monoisotopic (exact) mass is 501 g/mol. The van der Waals surface area contributed by atoms with E-state index in [1.54, 1.807) is 28.8 Å². The first-order valence-electron chi connectivity index (χ1n) is 11.9. The van der Waals surface area contributed by atoms with Crippen LogP contribution in [0.25, 0.3) is 10.8 Å². The second kappa shape index (κ2) is 10.5. The van der Waals surface area contributed by atoms with Gasteiger partial charge in [0, 0.05) is 24.6 Å². The minimum Gasteiger partial charge on any atom is -0.484 e. The van der Waals surface area contributed by atoms with E-state index >= 15 is 0 Å². The van der Waals surface area contributed by atoms with Crippen LogP contribution in [-0.2, 0) is 14.8 Å². The highest BCUT2D eigenvalue weighted by Crippen LogP contribution is 2.35. The number of hydrogen-bond donors (Lipinski definition) is 1. The Labute approximate surface area is 210 Å². The Bertz CT molecular complexity index is 1460. The number of pyridine rings is 1. The van der Waals surface area contributed by atoms with E-state index in [2.05, 4.69) is 10.3 Å². The lowest BCUT2D eigenvalue weighted by atomic mass is 9.99. The zero-order valence-electron chi connectivity index (χ0n) is 19.7. The number of carbonyl (C=O) groups excluding carboxylic acids is 1. The van der Waals surface area contributed by atoms with Crippen molar-refractivity contribution < 1.29 is 17.9 Å². The molecule has 0 saturated carbocycles. The molecule has 1 aliphatic rings. The molecule has 3 aromatic carbocycles. The van der Waals surface area contributed by atoms with E-state index < -0.39 is 10.0 Å². The van der Waals surface area contributed by atoms with E-state index in [9.17, 15) is 13.2 Å². The molecular formula is C28H27N3O4S. The van der Waals surface area contributed by atoms with Crippen LogP contribution in [0, 0.1) is 0 Å². The Morgan fingerprint density at radius 3 is 2.56 bits per heavy atom. The van der Waals surface area contributed by atoms with Crippen molar-refractivity contribution in [3.63, 3.8) is 0 Å². The van der Waals surface area contributed by atoms with Crippen molar-refractivity contribution in [2.45, 2.75) is 30.2 Å². The largest absolute Gasteiger partial charge is 0.484 e. The molecular weight excluding hydrogens is 474 g/mol. The molecule has 1 aliphatic heterocycles. The molecule has 0 spiro atoms. The molecule has 0 radical (unpaired) electrons. The summed E-state index contributed by atoms with van der Waals surface area (Å²) < 4.78 is 34.1. The number of fused-ring (bicyclic) bond motifs is 1. The molecule has 5 rings (SSSR count). The Kier molecular flexibility index (Phi) is 6.97. The molecule has 36 heavy (non-hydrogen) atoms. The van der Waals surface area contributed by atoms with E-state index in [1.807, 2.05) is 54.6 Å². The van der Waals surface area contributed by atoms with Crippen LogP contribution in [-0.4, -0.2) is 36.8 Å². The van der Waals surface area contributed by atoms with Gasteiger partial charge in [0.2, 0.25) is 10.0 Å². The summed E-state index contributed by atoms with van der Waals surface area (Å²) in [6.45, 7) is 0.311. The van der Waals surface area contributed by atoms with Gasteiger partial charge in [-0.1, -0.05) is 42.8 Å². The number of aromatic nitrogens is 1. The minimum atomic E-state index is -3.70. The summed E-state index contributed by atoms with van der Waals surface area (Å²) in [4.78, 5) is 16.8. The summed E-state index contributed by atoms with van der Waals surface area (Å²) in [7, 11) is -3.70. The van der Waals surface area contributed by atoms with Crippen LogP contribution in [0.15, 0.2) is 96.2 Å². The van der Waals surface area contributed by atoms with Crippen molar-refractivity contribution in [1.29, 1.82) is 0 Å². The zero-order chi connectivity index (χ0) is 25.0. The summed E-state index contributed by atoms with van der Waals surface area (Å²) >= 11 is 0. The van der Waals surface area contributed by atoms with E-state index in [0.717, 1.165) is 35.6 Å². The quantitative estimate of drug-likeness (QED) is 0.378. The molecule has 1 unspecified atom stereocenters. The molecule has 2 heterocycles. The number of benzene rings is 3. The number of nitrogens with zero attached hydrogens (tertiary/aromatic N) is 2. The molecule has 1 fully saturated rings. The normalized spacial score (nSPS) is 16.5. The van der Waals surface area contributed by atoms with Gasteiger partial charge in [-0.3, -0.25) is 9.78 Å². The third-order valence-electron chi connectivity index (χ3n) is 6.36. The van der Waals surface area contributed by atoms with Gasteiger partial charge in [0.05, 0.1) is 10.9 Å². The standard InChI is InChI=1S/C28H27N3O4S/c32-28(20-35-25-13-10-21-6-1-2-7-22(21)18-25)30-24-11-14-26(15-12-24)36(33,34)31-17-4-3-9-27(31)23-8-5-16-29-19-23/h1-2,5-8,10-16,18-19,27H,3-4,9,17,20H2,(H,30,32). The van der Waals surface area contributed by atoms with Crippen LogP contribution in [0.1, 0.15) is 30.9 Å². The lowest BCUT2D eigenvalue weighted by molar-refractivity contribution is -0.118. The van der Waals surface area contributed by atoms with Crippen molar-refractivity contribution in [2.24, 2.45) is 0 Å². The topological polar surface area (TPSA) is 88.6 Å². The second-order valence-corrected chi connectivity index (χ2v) is 10.7. The number of nitrogens with one attached hydrogen (secondary N) is 1. The number of amides is 1. The molecule has 1 aromatic heterocycles. The predicted molar refractivity (Wildman–Crippen MR) is 139 cm³/mol. The van der Waals surface area contributed by atoms with Crippen LogP contribution in [0.5, 0.6) is 5.75 Å². The van der Waals surface area contributed by atoms with Crippen LogP contribution in [0.4, 0.5) is 5.69 Å². The molecule has 0 aliphatic carbocycles. The second-order valence-electron chi connectivity index (χ2n) is 8.78. The van der Waals surface area contributed by atoms with Gasteiger partial charge in [-0.05, 0) is 71.6 Å². The smallest absolute Gasteiger partial charge is 0.262 e. The molecule has 184 valence electrons. The average Bonchev–Trinajstić information content (AvgIpc) is 2.92. The summed E-state index contributed by atoms with van der Waals surface area (Å²) in [5.41, 5.74) is 1.40. The first-order chi connectivity index (χ1) is 17.5. The molecule has 1 saturated heterocycles. The van der Waals surface area contributed by atoms with Crippen LogP contribution in [0.3, 0.4) is 0 Å². The van der Waals surface area contributed by atoms with Crippen molar-refractivity contribution >= 4 is 32.4 Å². The van der Waals surface area contributed by atoms with Gasteiger partial charge >= 0.3 is 0 Å². The molecule has 8 heteroatoms. The maximum absolute atomic E-state index is 13.5. The van der Waals surface area contributed by atoms with Gasteiger partial charge in [-0.15, -0.1) is 0 Å². The average molecular weight is 502 g/mol. The van der Waals surface area contributed by atoms with Gasteiger partial charge in [-0.2, -0.15) is 4.31 Å². The fraction of sp³-hybridized carbons (Fsp3) is 0.214. The fourth-order valence-corrected chi connectivity index (χ4v) is 6.23. The van der Waals surface area contributed by atoms with Crippen LogP contribution < -0.4 is 10.1 Å². The molecule has 1 N–H and O–H groups in total. The number of ether oxygens (including phenoxy) is 1. The Morgan fingerprint density at radius 2 is 1.78 bits per heavy atom. The Hall–Kier alpha value is -3.75.